The SMILES string of the molecule is [B][C@@H]1O[C@H](COC2OCC(C)O2)[C@H](OCC(=O)OCc2ccccc2)[C@@H]1O. The van der Waals surface area contributed by atoms with Crippen molar-refractivity contribution in [2.45, 2.75) is 50.4 Å². The van der Waals surface area contributed by atoms with Gasteiger partial charge in [-0.1, -0.05) is 30.3 Å². The molecule has 2 unspecified atom stereocenters. The number of hydrogen-bond acceptors (Lipinski definition) is 8. The first kappa shape index (κ1) is 20.3. The second-order valence-electron chi connectivity index (χ2n) is 6.45. The molecule has 6 atom stereocenters. The van der Waals surface area contributed by atoms with Crippen LogP contribution >= 0.6 is 0 Å². The summed E-state index contributed by atoms with van der Waals surface area (Å²) < 4.78 is 32.2. The topological polar surface area (TPSA) is 92.7 Å². The van der Waals surface area contributed by atoms with E-state index < -0.39 is 36.8 Å². The van der Waals surface area contributed by atoms with Crippen LogP contribution < -0.4 is 0 Å². The van der Waals surface area contributed by atoms with Crippen molar-refractivity contribution < 1.29 is 38.3 Å². The second-order valence-corrected chi connectivity index (χ2v) is 6.45. The highest BCUT2D eigenvalue weighted by Crippen LogP contribution is 2.24. The van der Waals surface area contributed by atoms with Crippen molar-refractivity contribution in [2.75, 3.05) is 19.8 Å². The predicted octanol–water partition coefficient (Wildman–Crippen LogP) is 0.105. The number of carbonyl (C=O) groups is 1. The summed E-state index contributed by atoms with van der Waals surface area (Å²) in [5.74, 6) is -0.553. The van der Waals surface area contributed by atoms with Crippen molar-refractivity contribution in [3.05, 3.63) is 35.9 Å². The van der Waals surface area contributed by atoms with E-state index in [1.807, 2.05) is 37.3 Å². The normalized spacial score (nSPS) is 33.3. The molecule has 2 fully saturated rings. The van der Waals surface area contributed by atoms with E-state index in [2.05, 4.69) is 0 Å². The fourth-order valence-corrected chi connectivity index (χ4v) is 2.79. The second kappa shape index (κ2) is 9.63. The third-order valence-corrected chi connectivity index (χ3v) is 4.21. The van der Waals surface area contributed by atoms with E-state index in [0.717, 1.165) is 5.56 Å². The Bertz CT molecular complexity index is 600. The van der Waals surface area contributed by atoms with Gasteiger partial charge in [0.05, 0.1) is 19.3 Å². The smallest absolute Gasteiger partial charge is 0.332 e. The first-order chi connectivity index (χ1) is 13.0. The fraction of sp³-hybridized carbons (Fsp3) is 0.611. The summed E-state index contributed by atoms with van der Waals surface area (Å²) in [4.78, 5) is 11.9. The molecular formula is C18H23BO8. The fourth-order valence-electron chi connectivity index (χ4n) is 2.79. The molecule has 2 heterocycles. The minimum Gasteiger partial charge on any atom is -0.459 e. The van der Waals surface area contributed by atoms with Crippen LogP contribution in [0.1, 0.15) is 12.5 Å². The van der Waals surface area contributed by atoms with Crippen LogP contribution in [0.3, 0.4) is 0 Å². The van der Waals surface area contributed by atoms with Crippen molar-refractivity contribution >= 4 is 13.8 Å². The Hall–Kier alpha value is -1.49. The zero-order chi connectivity index (χ0) is 19.2. The standard InChI is InChI=1S/C18H23BO8/c1-11-7-24-18(26-11)25-9-13-16(15(21)17(19)27-13)23-10-14(20)22-8-12-5-3-2-4-6-12/h2-6,11,13,15-18,21H,7-10H2,1H3/t11?,13-,15+,16+,17-,18?/m1/s1. The Balaban J connectivity index is 1.43. The number of aliphatic hydroxyl groups is 1. The van der Waals surface area contributed by atoms with E-state index in [4.69, 9.17) is 36.3 Å². The van der Waals surface area contributed by atoms with Crippen LogP contribution in [0.25, 0.3) is 0 Å². The van der Waals surface area contributed by atoms with Gasteiger partial charge in [-0.15, -0.1) is 0 Å². The van der Waals surface area contributed by atoms with Gasteiger partial charge in [0.25, 0.3) is 6.48 Å². The quantitative estimate of drug-likeness (QED) is 0.503. The number of carbonyl (C=O) groups excluding carboxylic acids is 1. The zero-order valence-corrected chi connectivity index (χ0v) is 15.1. The molecule has 27 heavy (non-hydrogen) atoms. The van der Waals surface area contributed by atoms with Crippen LogP contribution in [0.15, 0.2) is 30.3 Å². The molecule has 2 aliphatic heterocycles. The van der Waals surface area contributed by atoms with Crippen molar-refractivity contribution in [3.63, 3.8) is 0 Å². The molecule has 0 aromatic heterocycles. The summed E-state index contributed by atoms with van der Waals surface area (Å²) in [6.07, 6.45) is -2.65. The third-order valence-electron chi connectivity index (χ3n) is 4.21. The van der Waals surface area contributed by atoms with Gasteiger partial charge in [0.15, 0.2) is 0 Å². The van der Waals surface area contributed by atoms with E-state index in [-0.39, 0.29) is 25.9 Å². The Kier molecular flexibility index (Phi) is 7.23. The van der Waals surface area contributed by atoms with Crippen LogP contribution in [0.4, 0.5) is 0 Å². The maximum atomic E-state index is 11.9. The molecule has 1 aromatic rings. The lowest BCUT2D eigenvalue weighted by Crippen LogP contribution is -2.39. The van der Waals surface area contributed by atoms with Crippen molar-refractivity contribution in [2.24, 2.45) is 0 Å². The number of esters is 1. The molecule has 0 amide bonds. The van der Waals surface area contributed by atoms with Gasteiger partial charge in [-0.2, -0.15) is 0 Å². The van der Waals surface area contributed by atoms with Crippen molar-refractivity contribution in [1.82, 2.24) is 0 Å². The first-order valence-corrected chi connectivity index (χ1v) is 8.82. The molecular weight excluding hydrogens is 355 g/mol. The van der Waals surface area contributed by atoms with Gasteiger partial charge in [-0.05, 0) is 12.5 Å². The molecule has 1 N–H and O–H groups in total. The summed E-state index contributed by atoms with van der Waals surface area (Å²) >= 11 is 0. The number of hydrogen-bond donors (Lipinski definition) is 1. The molecule has 0 spiro atoms. The average molecular weight is 378 g/mol. The van der Waals surface area contributed by atoms with E-state index in [1.54, 1.807) is 0 Å². The van der Waals surface area contributed by atoms with Crippen LogP contribution in [0.2, 0.25) is 0 Å². The molecule has 9 heteroatoms. The van der Waals surface area contributed by atoms with Crippen molar-refractivity contribution in [3.8, 4) is 0 Å². The summed E-state index contributed by atoms with van der Waals surface area (Å²) in [6.45, 7) is 1.34. The lowest BCUT2D eigenvalue weighted by Gasteiger charge is -2.21. The zero-order valence-electron chi connectivity index (χ0n) is 15.1. The van der Waals surface area contributed by atoms with Gasteiger partial charge in [-0.25, -0.2) is 4.79 Å². The molecule has 0 aliphatic carbocycles. The molecule has 2 aliphatic rings. The third kappa shape index (κ3) is 5.74. The molecule has 146 valence electrons. The number of aliphatic hydroxyl groups excluding tert-OH is 1. The van der Waals surface area contributed by atoms with Crippen molar-refractivity contribution in [1.29, 1.82) is 0 Å². The Morgan fingerprint density at radius 3 is 2.74 bits per heavy atom. The Labute approximate surface area is 159 Å². The van der Waals surface area contributed by atoms with E-state index in [1.165, 1.54) is 0 Å². The lowest BCUT2D eigenvalue weighted by atomic mass is 9.93. The summed E-state index contributed by atoms with van der Waals surface area (Å²) in [5.41, 5.74) is 0.870. The van der Waals surface area contributed by atoms with E-state index in [9.17, 15) is 9.90 Å². The summed E-state index contributed by atoms with van der Waals surface area (Å²) in [7, 11) is 5.72. The molecule has 2 radical (unpaired) electrons. The highest BCUT2D eigenvalue weighted by Gasteiger charge is 2.43. The molecule has 0 saturated carbocycles. The molecule has 2 saturated heterocycles. The average Bonchev–Trinajstić information content (AvgIpc) is 3.20. The van der Waals surface area contributed by atoms with Gasteiger partial charge >= 0.3 is 5.97 Å². The van der Waals surface area contributed by atoms with Gasteiger partial charge in [-0.3, -0.25) is 0 Å². The first-order valence-electron chi connectivity index (χ1n) is 8.82. The molecule has 3 rings (SSSR count). The van der Waals surface area contributed by atoms with Gasteiger partial charge < -0.3 is 33.5 Å². The van der Waals surface area contributed by atoms with Gasteiger partial charge in [0.1, 0.15) is 39.4 Å². The molecule has 0 bridgehead atoms. The number of benzene rings is 1. The predicted molar refractivity (Wildman–Crippen MR) is 92.6 cm³/mol. The summed E-state index contributed by atoms with van der Waals surface area (Å²) in [6, 6.07) is 8.36. The minimum atomic E-state index is -1.09. The Morgan fingerprint density at radius 1 is 1.26 bits per heavy atom. The largest absolute Gasteiger partial charge is 0.459 e. The van der Waals surface area contributed by atoms with Crippen LogP contribution in [-0.4, -0.2) is 75.6 Å². The number of rotatable bonds is 8. The molecule has 1 aromatic carbocycles. The van der Waals surface area contributed by atoms with Gasteiger partial charge in [0.2, 0.25) is 0 Å². The van der Waals surface area contributed by atoms with Gasteiger partial charge in [0, 0.05) is 6.00 Å². The van der Waals surface area contributed by atoms with E-state index in [0.29, 0.717) is 6.61 Å². The van der Waals surface area contributed by atoms with Crippen LogP contribution in [0.5, 0.6) is 0 Å². The number of ether oxygens (including phenoxy) is 6. The maximum absolute atomic E-state index is 11.9. The van der Waals surface area contributed by atoms with E-state index >= 15 is 0 Å². The maximum Gasteiger partial charge on any atom is 0.332 e. The highest BCUT2D eigenvalue weighted by molar-refractivity contribution is 6.11. The highest BCUT2D eigenvalue weighted by atomic mass is 16.9. The Morgan fingerprint density at radius 2 is 2.04 bits per heavy atom. The summed E-state index contributed by atoms with van der Waals surface area (Å²) in [5, 5.41) is 10.1. The van der Waals surface area contributed by atoms with Crippen LogP contribution in [0, 0.1) is 0 Å². The molecule has 8 nitrogen and oxygen atoms in total. The lowest BCUT2D eigenvalue weighted by molar-refractivity contribution is -0.249. The minimum absolute atomic E-state index is 0.0336. The monoisotopic (exact) mass is 378 g/mol. The van der Waals surface area contributed by atoms with Crippen LogP contribution in [-0.2, 0) is 39.8 Å².